The summed E-state index contributed by atoms with van der Waals surface area (Å²) < 4.78 is 4.92. The number of rotatable bonds is 5. The summed E-state index contributed by atoms with van der Waals surface area (Å²) in [5, 5.41) is 6.58. The van der Waals surface area contributed by atoms with Crippen LogP contribution >= 0.6 is 0 Å². The molecule has 6 nitrogen and oxygen atoms in total. The van der Waals surface area contributed by atoms with E-state index in [2.05, 4.69) is 10.2 Å². The number of nitrogens with one attached hydrogen (secondary N) is 1. The fraction of sp³-hybridized carbons (Fsp3) is 0.600. The Morgan fingerprint density at radius 3 is 2.81 bits per heavy atom. The van der Waals surface area contributed by atoms with Crippen LogP contribution in [0.2, 0.25) is 0 Å². The molecule has 0 aliphatic heterocycles. The van der Waals surface area contributed by atoms with Crippen LogP contribution in [0.3, 0.4) is 0 Å². The molecule has 1 rings (SSSR count). The molecule has 0 aromatic carbocycles. The van der Waals surface area contributed by atoms with E-state index in [9.17, 15) is 4.79 Å². The minimum Gasteiger partial charge on any atom is -0.395 e. The van der Waals surface area contributed by atoms with Crippen LogP contribution in [0.1, 0.15) is 22.6 Å². The molecule has 3 N–H and O–H groups in total. The topological polar surface area (TPSA) is 84.2 Å². The first kappa shape index (κ1) is 12.5. The third-order valence-electron chi connectivity index (χ3n) is 2.39. The number of carbonyl (C=O) groups is 1. The van der Waals surface area contributed by atoms with Crippen molar-refractivity contribution in [2.75, 3.05) is 33.0 Å². The van der Waals surface area contributed by atoms with Crippen molar-refractivity contribution in [3.63, 3.8) is 0 Å². The van der Waals surface area contributed by atoms with Crippen molar-refractivity contribution in [3.05, 3.63) is 11.4 Å². The highest BCUT2D eigenvalue weighted by Crippen LogP contribution is 2.14. The quantitative estimate of drug-likeness (QED) is 0.712. The lowest BCUT2D eigenvalue weighted by Gasteiger charge is -2.15. The fourth-order valence-corrected chi connectivity index (χ4v) is 1.33. The summed E-state index contributed by atoms with van der Waals surface area (Å²) in [6, 6.07) is 0. The maximum absolute atomic E-state index is 11.9. The second-order valence-corrected chi connectivity index (χ2v) is 3.68. The number of amides is 1. The summed E-state index contributed by atoms with van der Waals surface area (Å²) in [6.07, 6.45) is 0.794. The Balaban J connectivity index is 2.60. The van der Waals surface area contributed by atoms with Crippen molar-refractivity contribution in [2.45, 2.75) is 13.3 Å². The van der Waals surface area contributed by atoms with E-state index in [1.54, 1.807) is 26.0 Å². The lowest BCUT2D eigenvalue weighted by molar-refractivity contribution is 0.0774. The van der Waals surface area contributed by atoms with Crippen molar-refractivity contribution < 1.29 is 9.53 Å². The van der Waals surface area contributed by atoms with Gasteiger partial charge in [-0.25, -0.2) is 0 Å². The first-order valence-corrected chi connectivity index (χ1v) is 5.12. The van der Waals surface area contributed by atoms with E-state index >= 15 is 0 Å². The second kappa shape index (κ2) is 5.50. The molecule has 90 valence electrons. The SMILES string of the molecule is COCCCN(C)C(=O)c1n[nH]c(C)c1N. The van der Waals surface area contributed by atoms with Gasteiger partial charge in [0, 0.05) is 27.3 Å². The van der Waals surface area contributed by atoms with Crippen LogP contribution < -0.4 is 5.73 Å². The van der Waals surface area contributed by atoms with Gasteiger partial charge in [0.15, 0.2) is 5.69 Å². The molecule has 0 saturated carbocycles. The van der Waals surface area contributed by atoms with Crippen molar-refractivity contribution in [1.82, 2.24) is 15.1 Å². The number of aromatic nitrogens is 2. The van der Waals surface area contributed by atoms with E-state index < -0.39 is 0 Å². The second-order valence-electron chi connectivity index (χ2n) is 3.68. The number of anilines is 1. The monoisotopic (exact) mass is 226 g/mol. The third-order valence-corrected chi connectivity index (χ3v) is 2.39. The normalized spacial score (nSPS) is 10.4. The van der Waals surface area contributed by atoms with E-state index in [4.69, 9.17) is 10.5 Å². The van der Waals surface area contributed by atoms with Gasteiger partial charge < -0.3 is 15.4 Å². The summed E-state index contributed by atoms with van der Waals surface area (Å²) in [6.45, 7) is 3.04. The number of hydrogen-bond acceptors (Lipinski definition) is 4. The molecular formula is C10H18N4O2. The predicted molar refractivity (Wildman–Crippen MR) is 61.2 cm³/mol. The molecule has 0 bridgehead atoms. The number of ether oxygens (including phenoxy) is 1. The molecule has 1 aromatic rings. The standard InChI is InChI=1S/C10H18N4O2/c1-7-8(11)9(13-12-7)10(15)14(2)5-4-6-16-3/h4-6,11H2,1-3H3,(H,12,13). The number of carbonyl (C=O) groups excluding carboxylic acids is 1. The molecule has 0 saturated heterocycles. The smallest absolute Gasteiger partial charge is 0.276 e. The zero-order chi connectivity index (χ0) is 12.1. The van der Waals surface area contributed by atoms with E-state index in [1.807, 2.05) is 0 Å². The Kier molecular flexibility index (Phi) is 4.30. The molecule has 16 heavy (non-hydrogen) atoms. The first-order valence-electron chi connectivity index (χ1n) is 5.12. The van der Waals surface area contributed by atoms with Crippen molar-refractivity contribution in [2.24, 2.45) is 0 Å². The zero-order valence-corrected chi connectivity index (χ0v) is 9.91. The molecule has 1 heterocycles. The largest absolute Gasteiger partial charge is 0.395 e. The van der Waals surface area contributed by atoms with Gasteiger partial charge in [-0.05, 0) is 13.3 Å². The highest BCUT2D eigenvalue weighted by atomic mass is 16.5. The Hall–Kier alpha value is -1.56. The van der Waals surface area contributed by atoms with Crippen molar-refractivity contribution in [3.8, 4) is 0 Å². The number of hydrogen-bond donors (Lipinski definition) is 2. The maximum atomic E-state index is 11.9. The van der Waals surface area contributed by atoms with Crippen molar-refractivity contribution in [1.29, 1.82) is 0 Å². The molecule has 0 radical (unpaired) electrons. The van der Waals surface area contributed by atoms with Gasteiger partial charge >= 0.3 is 0 Å². The summed E-state index contributed by atoms with van der Waals surface area (Å²) >= 11 is 0. The highest BCUT2D eigenvalue weighted by molar-refractivity contribution is 5.97. The van der Waals surface area contributed by atoms with Crippen LogP contribution in [-0.4, -0.2) is 48.3 Å². The third kappa shape index (κ3) is 2.73. The molecule has 1 aromatic heterocycles. The number of nitrogen functional groups attached to an aromatic ring is 1. The molecule has 0 spiro atoms. The predicted octanol–water partition coefficient (Wildman–Crippen LogP) is 0.409. The molecule has 0 fully saturated rings. The average Bonchev–Trinajstić information content (AvgIpc) is 2.59. The Bertz CT molecular complexity index is 362. The summed E-state index contributed by atoms with van der Waals surface area (Å²) in [4.78, 5) is 13.5. The van der Waals surface area contributed by atoms with Gasteiger partial charge in [-0.2, -0.15) is 5.10 Å². The number of nitrogens with two attached hydrogens (primary N) is 1. The number of nitrogens with zero attached hydrogens (tertiary/aromatic N) is 2. The number of H-pyrrole nitrogens is 1. The average molecular weight is 226 g/mol. The van der Waals surface area contributed by atoms with Crippen LogP contribution in [0, 0.1) is 6.92 Å². The minimum atomic E-state index is -0.169. The lowest BCUT2D eigenvalue weighted by Crippen LogP contribution is -2.29. The summed E-state index contributed by atoms with van der Waals surface area (Å²) in [5.74, 6) is -0.169. The van der Waals surface area contributed by atoms with E-state index in [0.717, 1.165) is 6.42 Å². The molecule has 0 atom stereocenters. The molecule has 1 amide bonds. The van der Waals surface area contributed by atoms with Crippen LogP contribution in [0.4, 0.5) is 5.69 Å². The van der Waals surface area contributed by atoms with Gasteiger partial charge in [-0.1, -0.05) is 0 Å². The van der Waals surface area contributed by atoms with E-state index in [-0.39, 0.29) is 11.6 Å². The summed E-state index contributed by atoms with van der Waals surface area (Å²) in [7, 11) is 3.36. The van der Waals surface area contributed by atoms with E-state index in [1.165, 1.54) is 0 Å². The molecule has 6 heteroatoms. The van der Waals surface area contributed by atoms with Gasteiger partial charge in [0.05, 0.1) is 11.4 Å². The van der Waals surface area contributed by atoms with Crippen LogP contribution in [-0.2, 0) is 4.74 Å². The zero-order valence-electron chi connectivity index (χ0n) is 9.91. The van der Waals surface area contributed by atoms with Gasteiger partial charge in [0.1, 0.15) is 0 Å². The van der Waals surface area contributed by atoms with Crippen LogP contribution in [0.5, 0.6) is 0 Å². The Labute approximate surface area is 94.8 Å². The van der Waals surface area contributed by atoms with Gasteiger partial charge in [0.2, 0.25) is 0 Å². The highest BCUT2D eigenvalue weighted by Gasteiger charge is 2.18. The molecule has 0 aliphatic rings. The number of aromatic amines is 1. The molecular weight excluding hydrogens is 208 g/mol. The van der Waals surface area contributed by atoms with Crippen LogP contribution in [0.25, 0.3) is 0 Å². The summed E-state index contributed by atoms with van der Waals surface area (Å²) in [5.41, 5.74) is 7.16. The lowest BCUT2D eigenvalue weighted by atomic mass is 10.2. The van der Waals surface area contributed by atoms with Crippen molar-refractivity contribution >= 4 is 11.6 Å². The number of methoxy groups -OCH3 is 1. The van der Waals surface area contributed by atoms with E-state index in [0.29, 0.717) is 24.5 Å². The molecule has 0 aliphatic carbocycles. The Morgan fingerprint density at radius 2 is 2.31 bits per heavy atom. The van der Waals surface area contributed by atoms with Crippen LogP contribution in [0.15, 0.2) is 0 Å². The first-order chi connectivity index (χ1) is 7.57. The number of aryl methyl sites for hydroxylation is 1. The van der Waals surface area contributed by atoms with Gasteiger partial charge in [-0.3, -0.25) is 9.89 Å². The Morgan fingerprint density at radius 1 is 1.62 bits per heavy atom. The molecule has 0 unspecified atom stereocenters. The minimum absolute atomic E-state index is 0.169. The van der Waals surface area contributed by atoms with Gasteiger partial charge in [-0.15, -0.1) is 0 Å². The fourth-order valence-electron chi connectivity index (χ4n) is 1.33. The maximum Gasteiger partial charge on any atom is 0.276 e. The van der Waals surface area contributed by atoms with Gasteiger partial charge in [0.25, 0.3) is 5.91 Å².